The summed E-state index contributed by atoms with van der Waals surface area (Å²) in [7, 11) is 1.55. The lowest BCUT2D eigenvalue weighted by atomic mass is 10.1. The summed E-state index contributed by atoms with van der Waals surface area (Å²) >= 11 is 5.92. The fourth-order valence-corrected chi connectivity index (χ4v) is 2.72. The third-order valence-electron chi connectivity index (χ3n) is 3.93. The first-order valence-electron chi connectivity index (χ1n) is 9.06. The van der Waals surface area contributed by atoms with Gasteiger partial charge in [0.15, 0.2) is 5.96 Å². The molecule has 170 valence electrons. The number of nitrogens with one attached hydrogen (secondary N) is 3. The predicted molar refractivity (Wildman–Crippen MR) is 125 cm³/mol. The van der Waals surface area contributed by atoms with Crippen LogP contribution >= 0.6 is 35.6 Å². The van der Waals surface area contributed by atoms with Crippen molar-refractivity contribution in [3.63, 3.8) is 0 Å². The van der Waals surface area contributed by atoms with Crippen LogP contribution in [0.25, 0.3) is 0 Å². The van der Waals surface area contributed by atoms with Gasteiger partial charge in [0.25, 0.3) is 0 Å². The molecule has 0 saturated heterocycles. The van der Waals surface area contributed by atoms with Gasteiger partial charge in [0.05, 0.1) is 6.42 Å². The maximum atomic E-state index is 12.9. The number of benzene rings is 2. The second-order valence-corrected chi connectivity index (χ2v) is 6.57. The molecule has 2 rings (SSSR count). The van der Waals surface area contributed by atoms with Gasteiger partial charge in [-0.1, -0.05) is 23.7 Å². The Bertz CT molecular complexity index is 870. The van der Waals surface area contributed by atoms with Crippen LogP contribution in [0.4, 0.5) is 13.2 Å². The molecule has 0 radical (unpaired) electrons. The summed E-state index contributed by atoms with van der Waals surface area (Å²) in [5, 5.41) is 9.09. The minimum absolute atomic E-state index is 0. The highest BCUT2D eigenvalue weighted by Gasteiger charge is 2.11. The molecule has 0 aliphatic heterocycles. The highest BCUT2D eigenvalue weighted by molar-refractivity contribution is 14.0. The van der Waals surface area contributed by atoms with Crippen molar-refractivity contribution in [1.29, 1.82) is 0 Å². The van der Waals surface area contributed by atoms with Gasteiger partial charge in [-0.3, -0.25) is 9.79 Å². The average Bonchev–Trinajstić information content (AvgIpc) is 2.70. The summed E-state index contributed by atoms with van der Waals surface area (Å²) in [6.45, 7) is -2.08. The monoisotopic (exact) mass is 570 g/mol. The van der Waals surface area contributed by atoms with Crippen LogP contribution in [0.5, 0.6) is 5.75 Å². The first-order valence-corrected chi connectivity index (χ1v) is 9.44. The zero-order valence-electron chi connectivity index (χ0n) is 16.6. The molecular formula is C20H23ClF3IN4O2. The quantitative estimate of drug-likeness (QED) is 0.186. The van der Waals surface area contributed by atoms with Crippen LogP contribution in [-0.4, -0.2) is 38.6 Å². The molecule has 0 fully saturated rings. The highest BCUT2D eigenvalue weighted by Crippen LogP contribution is 2.24. The zero-order chi connectivity index (χ0) is 21.9. The van der Waals surface area contributed by atoms with Crippen LogP contribution < -0.4 is 20.7 Å². The van der Waals surface area contributed by atoms with Crippen molar-refractivity contribution >= 4 is 47.4 Å². The predicted octanol–water partition coefficient (Wildman–Crippen LogP) is 3.72. The van der Waals surface area contributed by atoms with E-state index in [1.54, 1.807) is 19.2 Å². The number of alkyl halides is 2. The van der Waals surface area contributed by atoms with Gasteiger partial charge < -0.3 is 20.7 Å². The van der Waals surface area contributed by atoms with E-state index in [2.05, 4.69) is 25.7 Å². The van der Waals surface area contributed by atoms with Crippen molar-refractivity contribution in [2.24, 2.45) is 4.99 Å². The minimum atomic E-state index is -2.94. The number of ether oxygens (including phenoxy) is 1. The molecule has 0 aromatic heterocycles. The second kappa shape index (κ2) is 14.0. The Morgan fingerprint density at radius 3 is 2.42 bits per heavy atom. The van der Waals surface area contributed by atoms with Gasteiger partial charge in [0, 0.05) is 37.3 Å². The molecule has 2 aromatic rings. The molecule has 3 N–H and O–H groups in total. The Labute approximate surface area is 200 Å². The third-order valence-corrected chi connectivity index (χ3v) is 4.16. The number of carbonyl (C=O) groups excluding carboxylic acids is 1. The summed E-state index contributed by atoms with van der Waals surface area (Å²) in [4.78, 5) is 15.9. The molecule has 0 bridgehead atoms. The van der Waals surface area contributed by atoms with Crippen LogP contribution in [0.2, 0.25) is 5.02 Å². The van der Waals surface area contributed by atoms with Crippen molar-refractivity contribution in [2.45, 2.75) is 19.6 Å². The maximum absolute atomic E-state index is 12.9. The van der Waals surface area contributed by atoms with Crippen molar-refractivity contribution in [3.8, 4) is 5.75 Å². The number of nitrogens with zero attached hydrogens (tertiary/aromatic N) is 1. The van der Waals surface area contributed by atoms with Gasteiger partial charge >= 0.3 is 6.61 Å². The SMILES string of the molecule is CN=C(NCCNC(=O)Cc1ccc(F)cc1)NCc1cc(Cl)ccc1OC(F)F.I. The maximum Gasteiger partial charge on any atom is 0.387 e. The van der Waals surface area contributed by atoms with Gasteiger partial charge in [0.2, 0.25) is 5.91 Å². The molecule has 11 heteroatoms. The number of hydrogen-bond acceptors (Lipinski definition) is 3. The van der Waals surface area contributed by atoms with Gasteiger partial charge in [0.1, 0.15) is 11.6 Å². The minimum Gasteiger partial charge on any atom is -0.434 e. The van der Waals surface area contributed by atoms with E-state index >= 15 is 0 Å². The topological polar surface area (TPSA) is 74.8 Å². The molecule has 6 nitrogen and oxygen atoms in total. The number of halogens is 5. The molecule has 31 heavy (non-hydrogen) atoms. The third kappa shape index (κ3) is 10.1. The second-order valence-electron chi connectivity index (χ2n) is 6.14. The van der Waals surface area contributed by atoms with Crippen molar-refractivity contribution in [3.05, 3.63) is 64.4 Å². The number of amides is 1. The fraction of sp³-hybridized carbons (Fsp3) is 0.300. The van der Waals surface area contributed by atoms with Gasteiger partial charge in [-0.05, 0) is 35.9 Å². The number of hydrogen-bond donors (Lipinski definition) is 3. The van der Waals surface area contributed by atoms with Gasteiger partial charge in [-0.15, -0.1) is 24.0 Å². The number of rotatable bonds is 9. The molecule has 0 saturated carbocycles. The molecule has 0 atom stereocenters. The lowest BCUT2D eigenvalue weighted by Gasteiger charge is -2.15. The van der Waals surface area contributed by atoms with Crippen molar-refractivity contribution in [1.82, 2.24) is 16.0 Å². The Kier molecular flexibility index (Phi) is 12.1. The molecule has 0 spiro atoms. The molecule has 0 unspecified atom stereocenters. The molecule has 0 aliphatic rings. The molecule has 1 amide bonds. The molecule has 0 aliphatic carbocycles. The highest BCUT2D eigenvalue weighted by atomic mass is 127. The normalized spacial score (nSPS) is 11.0. The van der Waals surface area contributed by atoms with Crippen molar-refractivity contribution < 1.29 is 22.7 Å². The van der Waals surface area contributed by atoms with E-state index in [9.17, 15) is 18.0 Å². The van der Waals surface area contributed by atoms with Crippen LogP contribution in [-0.2, 0) is 17.8 Å². The number of carbonyl (C=O) groups is 1. The summed E-state index contributed by atoms with van der Waals surface area (Å²) in [5.74, 6) is -0.122. The van der Waals surface area contributed by atoms with E-state index in [1.165, 1.54) is 30.3 Å². The summed E-state index contributed by atoms with van der Waals surface area (Å²) in [5.41, 5.74) is 1.15. The lowest BCUT2D eigenvalue weighted by Crippen LogP contribution is -2.41. The van der Waals surface area contributed by atoms with E-state index in [-0.39, 0.29) is 54.4 Å². The smallest absolute Gasteiger partial charge is 0.387 e. The van der Waals surface area contributed by atoms with E-state index in [0.717, 1.165) is 0 Å². The Hall–Kier alpha value is -2.21. The fourth-order valence-electron chi connectivity index (χ4n) is 2.53. The van der Waals surface area contributed by atoms with E-state index < -0.39 is 6.61 Å². The molecule has 2 aromatic carbocycles. The summed E-state index contributed by atoms with van der Waals surface area (Å²) < 4.78 is 42.4. The molecule has 0 heterocycles. The van der Waals surface area contributed by atoms with Gasteiger partial charge in [-0.25, -0.2) is 4.39 Å². The number of aliphatic imine (C=N–C) groups is 1. The van der Waals surface area contributed by atoms with Crippen LogP contribution in [0, 0.1) is 5.82 Å². The summed E-state index contributed by atoms with van der Waals surface area (Å²) in [6, 6.07) is 10.1. The van der Waals surface area contributed by atoms with Gasteiger partial charge in [-0.2, -0.15) is 8.78 Å². The first-order chi connectivity index (χ1) is 14.4. The van der Waals surface area contributed by atoms with Crippen LogP contribution in [0.1, 0.15) is 11.1 Å². The molecular weight excluding hydrogens is 548 g/mol. The lowest BCUT2D eigenvalue weighted by molar-refractivity contribution is -0.120. The Morgan fingerprint density at radius 2 is 1.77 bits per heavy atom. The van der Waals surface area contributed by atoms with E-state index in [0.29, 0.717) is 35.2 Å². The average molecular weight is 571 g/mol. The zero-order valence-corrected chi connectivity index (χ0v) is 19.7. The number of guanidine groups is 1. The Balaban J connectivity index is 0.00000480. The van der Waals surface area contributed by atoms with Crippen LogP contribution in [0.3, 0.4) is 0 Å². The largest absolute Gasteiger partial charge is 0.434 e. The van der Waals surface area contributed by atoms with E-state index in [4.69, 9.17) is 11.6 Å². The Morgan fingerprint density at radius 1 is 1.10 bits per heavy atom. The standard InChI is InChI=1S/C20H22ClF3N4O2.HI/c1-25-20(28-12-14-11-15(21)4-7-17(14)30-19(23)24)27-9-8-26-18(29)10-13-2-5-16(22)6-3-13;/h2-7,11,19H,8-10,12H2,1H3,(H,26,29)(H2,25,27,28);1H. The first kappa shape index (κ1) is 26.8. The van der Waals surface area contributed by atoms with Crippen LogP contribution in [0.15, 0.2) is 47.5 Å². The van der Waals surface area contributed by atoms with E-state index in [1.807, 2.05) is 0 Å². The summed E-state index contributed by atoms with van der Waals surface area (Å²) in [6.07, 6.45) is 0.148. The van der Waals surface area contributed by atoms with Crippen molar-refractivity contribution in [2.75, 3.05) is 20.1 Å².